The van der Waals surface area contributed by atoms with Crippen molar-refractivity contribution in [2.45, 2.75) is 26.4 Å². The molecule has 22 heavy (non-hydrogen) atoms. The third-order valence-electron chi connectivity index (χ3n) is 2.69. The summed E-state index contributed by atoms with van der Waals surface area (Å²) in [5.41, 5.74) is 0. The molecule has 1 saturated heterocycles. The number of carbonyl (C=O) groups is 4. The molecule has 0 spiro atoms. The van der Waals surface area contributed by atoms with Gasteiger partial charge in [-0.05, 0) is 13.8 Å². The maximum Gasteiger partial charge on any atom is 0.331 e. The van der Waals surface area contributed by atoms with Gasteiger partial charge in [0.25, 0.3) is 0 Å². The van der Waals surface area contributed by atoms with E-state index in [1.54, 1.807) is 13.8 Å². The van der Waals surface area contributed by atoms with Crippen molar-refractivity contribution in [1.29, 1.82) is 0 Å². The van der Waals surface area contributed by atoms with E-state index in [9.17, 15) is 19.2 Å². The number of hydrogen-bond donors (Lipinski definition) is 0. The van der Waals surface area contributed by atoms with E-state index in [0.717, 1.165) is 12.2 Å². The van der Waals surface area contributed by atoms with Crippen molar-refractivity contribution in [3.05, 3.63) is 12.2 Å². The molecule has 122 valence electrons. The lowest BCUT2D eigenvalue weighted by Crippen LogP contribution is -2.21. The van der Waals surface area contributed by atoms with Gasteiger partial charge in [-0.15, -0.1) is 0 Å². The standard InChI is InChI=1S/C14H18O8/c1-3-19-11(15)5-6-12(16)21-8-9-7-10(14(18)22-9)13(17)20-4-2/h5-6,9-10H,3-4,7-8H2,1-2H3/b6-5+. The molecule has 1 rings (SSSR count). The predicted molar refractivity (Wildman–Crippen MR) is 71.4 cm³/mol. The van der Waals surface area contributed by atoms with Crippen molar-refractivity contribution >= 4 is 23.9 Å². The van der Waals surface area contributed by atoms with Crippen molar-refractivity contribution in [2.24, 2.45) is 5.92 Å². The van der Waals surface area contributed by atoms with E-state index >= 15 is 0 Å². The molecule has 1 fully saturated rings. The van der Waals surface area contributed by atoms with Crippen LogP contribution in [0.1, 0.15) is 20.3 Å². The molecule has 0 saturated carbocycles. The first-order valence-electron chi connectivity index (χ1n) is 6.86. The first-order chi connectivity index (χ1) is 10.5. The second-order valence-electron chi connectivity index (χ2n) is 4.31. The van der Waals surface area contributed by atoms with E-state index in [4.69, 9.17) is 14.2 Å². The average Bonchev–Trinajstić information content (AvgIpc) is 2.85. The second-order valence-corrected chi connectivity index (χ2v) is 4.31. The number of carbonyl (C=O) groups excluding carboxylic acids is 4. The SMILES string of the molecule is CCOC(=O)/C=C/C(=O)OCC1CC(C(=O)OCC)C(=O)O1. The van der Waals surface area contributed by atoms with Gasteiger partial charge in [-0.3, -0.25) is 9.59 Å². The maximum atomic E-state index is 11.5. The van der Waals surface area contributed by atoms with Crippen LogP contribution < -0.4 is 0 Å². The minimum atomic E-state index is -0.987. The molecular weight excluding hydrogens is 296 g/mol. The Morgan fingerprint density at radius 3 is 2.27 bits per heavy atom. The van der Waals surface area contributed by atoms with Gasteiger partial charge in [-0.2, -0.15) is 0 Å². The van der Waals surface area contributed by atoms with E-state index in [1.165, 1.54) is 0 Å². The summed E-state index contributed by atoms with van der Waals surface area (Å²) in [6.45, 7) is 3.44. The van der Waals surface area contributed by atoms with Gasteiger partial charge in [0.2, 0.25) is 0 Å². The van der Waals surface area contributed by atoms with Crippen molar-refractivity contribution in [3.8, 4) is 0 Å². The van der Waals surface area contributed by atoms with Gasteiger partial charge in [0, 0.05) is 18.6 Å². The molecule has 0 amide bonds. The first kappa shape index (κ1) is 17.7. The van der Waals surface area contributed by atoms with Gasteiger partial charge in [-0.25, -0.2) is 9.59 Å². The van der Waals surface area contributed by atoms with E-state index in [-0.39, 0.29) is 26.2 Å². The Morgan fingerprint density at radius 2 is 1.68 bits per heavy atom. The Hall–Kier alpha value is -2.38. The molecule has 0 aliphatic carbocycles. The first-order valence-corrected chi connectivity index (χ1v) is 6.86. The Labute approximate surface area is 127 Å². The predicted octanol–water partition coefficient (Wildman–Crippen LogP) is 0.144. The number of esters is 4. The van der Waals surface area contributed by atoms with Crippen LogP contribution in [0.25, 0.3) is 0 Å². The quantitative estimate of drug-likeness (QED) is 0.283. The maximum absolute atomic E-state index is 11.5. The van der Waals surface area contributed by atoms with Crippen molar-refractivity contribution in [2.75, 3.05) is 19.8 Å². The fraction of sp³-hybridized carbons (Fsp3) is 0.571. The molecular formula is C14H18O8. The largest absolute Gasteiger partial charge is 0.465 e. The molecule has 1 aliphatic rings. The fourth-order valence-electron chi connectivity index (χ4n) is 1.74. The molecule has 0 bridgehead atoms. The molecule has 0 aromatic rings. The summed E-state index contributed by atoms with van der Waals surface area (Å²) in [6.07, 6.45) is 1.24. The molecule has 8 heteroatoms. The molecule has 0 radical (unpaired) electrons. The van der Waals surface area contributed by atoms with Crippen LogP contribution in [0.15, 0.2) is 12.2 Å². The normalized spacial score (nSPS) is 20.5. The second kappa shape index (κ2) is 8.81. The van der Waals surface area contributed by atoms with E-state index in [0.29, 0.717) is 0 Å². The zero-order valence-corrected chi connectivity index (χ0v) is 12.4. The highest BCUT2D eigenvalue weighted by Gasteiger charge is 2.41. The van der Waals surface area contributed by atoms with Gasteiger partial charge in [0.05, 0.1) is 13.2 Å². The monoisotopic (exact) mass is 314 g/mol. The van der Waals surface area contributed by atoms with Crippen molar-refractivity contribution < 1.29 is 38.1 Å². The number of rotatable bonds is 7. The molecule has 2 unspecified atom stereocenters. The Kier molecular flexibility index (Phi) is 7.07. The lowest BCUT2D eigenvalue weighted by molar-refractivity contribution is -0.158. The number of ether oxygens (including phenoxy) is 4. The molecule has 2 atom stereocenters. The van der Waals surface area contributed by atoms with Crippen LogP contribution in [0.2, 0.25) is 0 Å². The van der Waals surface area contributed by atoms with Crippen LogP contribution in [0.4, 0.5) is 0 Å². The third kappa shape index (κ3) is 5.55. The highest BCUT2D eigenvalue weighted by Crippen LogP contribution is 2.22. The van der Waals surface area contributed by atoms with E-state index in [2.05, 4.69) is 4.74 Å². The van der Waals surface area contributed by atoms with Gasteiger partial charge in [0.1, 0.15) is 12.7 Å². The average molecular weight is 314 g/mol. The zero-order valence-electron chi connectivity index (χ0n) is 12.4. The van der Waals surface area contributed by atoms with E-state index < -0.39 is 35.9 Å². The van der Waals surface area contributed by atoms with Crippen LogP contribution in [0, 0.1) is 5.92 Å². The van der Waals surface area contributed by atoms with Crippen molar-refractivity contribution in [3.63, 3.8) is 0 Å². The highest BCUT2D eigenvalue weighted by molar-refractivity contribution is 5.96. The van der Waals surface area contributed by atoms with Gasteiger partial charge >= 0.3 is 23.9 Å². The molecule has 0 aromatic heterocycles. The number of cyclic esters (lactones) is 1. The Bertz CT molecular complexity index is 467. The lowest BCUT2D eigenvalue weighted by atomic mass is 10.1. The molecule has 0 N–H and O–H groups in total. The smallest absolute Gasteiger partial charge is 0.331 e. The van der Waals surface area contributed by atoms with Crippen LogP contribution in [-0.4, -0.2) is 49.8 Å². The van der Waals surface area contributed by atoms with Crippen molar-refractivity contribution in [1.82, 2.24) is 0 Å². The Balaban J connectivity index is 2.37. The molecule has 1 heterocycles. The summed E-state index contributed by atoms with van der Waals surface area (Å²) >= 11 is 0. The third-order valence-corrected chi connectivity index (χ3v) is 2.69. The molecule has 8 nitrogen and oxygen atoms in total. The molecule has 0 aromatic carbocycles. The number of hydrogen-bond acceptors (Lipinski definition) is 8. The minimum absolute atomic E-state index is 0.0898. The lowest BCUT2D eigenvalue weighted by Gasteiger charge is -2.08. The molecule has 1 aliphatic heterocycles. The fourth-order valence-corrected chi connectivity index (χ4v) is 1.74. The topological polar surface area (TPSA) is 105 Å². The minimum Gasteiger partial charge on any atom is -0.465 e. The Morgan fingerprint density at radius 1 is 1.09 bits per heavy atom. The summed E-state index contributed by atoms with van der Waals surface area (Å²) in [4.78, 5) is 45.3. The highest BCUT2D eigenvalue weighted by atomic mass is 16.6. The van der Waals surface area contributed by atoms with Gasteiger partial charge in [0.15, 0.2) is 5.92 Å². The van der Waals surface area contributed by atoms with Crippen LogP contribution in [0.5, 0.6) is 0 Å². The van der Waals surface area contributed by atoms with E-state index in [1.807, 2.05) is 0 Å². The summed E-state index contributed by atoms with van der Waals surface area (Å²) < 4.78 is 19.1. The summed E-state index contributed by atoms with van der Waals surface area (Å²) in [5, 5.41) is 0. The summed E-state index contributed by atoms with van der Waals surface area (Å²) in [5.74, 6) is -3.76. The van der Waals surface area contributed by atoms with Gasteiger partial charge < -0.3 is 18.9 Å². The van der Waals surface area contributed by atoms with Crippen LogP contribution in [0.3, 0.4) is 0 Å². The van der Waals surface area contributed by atoms with Crippen LogP contribution in [-0.2, 0) is 38.1 Å². The zero-order chi connectivity index (χ0) is 16.5. The summed E-state index contributed by atoms with van der Waals surface area (Å²) in [7, 11) is 0. The summed E-state index contributed by atoms with van der Waals surface area (Å²) in [6, 6.07) is 0. The van der Waals surface area contributed by atoms with Crippen LogP contribution >= 0.6 is 0 Å². The van der Waals surface area contributed by atoms with Gasteiger partial charge in [-0.1, -0.05) is 0 Å².